The Labute approximate surface area is 318 Å². The van der Waals surface area contributed by atoms with Crippen molar-refractivity contribution >= 4 is 16.8 Å². The fraction of sp³-hybridized carbons (Fsp3) is 0.255. The molecule has 0 aromatic heterocycles. The molecule has 1 heterocycles. The number of rotatable bonds is 12. The zero-order valence-electron chi connectivity index (χ0n) is 31.2. The Morgan fingerprint density at radius 1 is 0.722 bits per heavy atom. The summed E-state index contributed by atoms with van der Waals surface area (Å²) in [5, 5.41) is 18.1. The monoisotopic (exact) mass is 719 g/mol. The number of carbonyl (C=O) groups excluding carboxylic acids is 1. The Hall–Kier alpha value is -5.31. The Bertz CT molecular complexity index is 2140. The molecule has 6 aromatic rings. The van der Waals surface area contributed by atoms with E-state index in [9.17, 15) is 9.90 Å². The number of aliphatic hydroxyl groups excluding tert-OH is 1. The number of nitrogens with one attached hydrogen (secondary N) is 2. The lowest BCUT2D eigenvalue weighted by Crippen LogP contribution is -2.44. The summed E-state index contributed by atoms with van der Waals surface area (Å²) in [6.45, 7) is 6.04. The maximum Gasteiger partial charge on any atom is 0.315 e. The second-order valence-electron chi connectivity index (χ2n) is 14.3. The van der Waals surface area contributed by atoms with Gasteiger partial charge in [-0.1, -0.05) is 146 Å². The number of carbonyl (C=O) groups is 1. The van der Waals surface area contributed by atoms with Crippen LogP contribution >= 0.6 is 0 Å². The average molecular weight is 720 g/mol. The summed E-state index contributed by atoms with van der Waals surface area (Å²) >= 11 is 0. The molecule has 0 saturated carbocycles. The lowest BCUT2D eigenvalue weighted by molar-refractivity contribution is -0.276. The van der Waals surface area contributed by atoms with Gasteiger partial charge >= 0.3 is 6.03 Å². The van der Waals surface area contributed by atoms with Crippen molar-refractivity contribution in [3.8, 4) is 11.1 Å². The molecule has 5 atom stereocenters. The Morgan fingerprint density at radius 2 is 1.39 bits per heavy atom. The Morgan fingerprint density at radius 3 is 2.15 bits per heavy atom. The maximum absolute atomic E-state index is 12.6. The van der Waals surface area contributed by atoms with Crippen molar-refractivity contribution in [2.45, 2.75) is 58.1 Å². The number of benzene rings is 6. The van der Waals surface area contributed by atoms with Crippen molar-refractivity contribution in [2.75, 3.05) is 13.6 Å². The van der Waals surface area contributed by atoms with Crippen molar-refractivity contribution in [1.29, 1.82) is 0 Å². The standard InChI is InChI=1S/C47H49N3O4/c1-32-44(30-50(3)33(2)40-26-21-36-13-7-8-14-41(36)27-40)53-46(54-45(32)38-19-17-35(31-51)18-20-38)39-24-22-37(23-25-39)43-16-10-9-15-42(43)29-49-47(52)48-28-34-11-5-4-6-12-34/h4-27,32-33,44-46,51H,28-31H2,1-3H3,(H2,48,49,52). The highest BCUT2D eigenvalue weighted by Crippen LogP contribution is 2.42. The molecule has 276 valence electrons. The van der Waals surface area contributed by atoms with Crippen molar-refractivity contribution < 1.29 is 19.4 Å². The number of hydrogen-bond acceptors (Lipinski definition) is 5. The van der Waals surface area contributed by atoms with Crippen molar-refractivity contribution in [3.63, 3.8) is 0 Å². The lowest BCUT2D eigenvalue weighted by atomic mass is 9.89. The Balaban J connectivity index is 1.07. The van der Waals surface area contributed by atoms with Gasteiger partial charge in [-0.05, 0) is 69.8 Å². The first kappa shape index (κ1) is 37.0. The summed E-state index contributed by atoms with van der Waals surface area (Å²) in [6.07, 6.45) is -0.888. The number of likely N-dealkylation sites (N-methyl/N-ethyl adjacent to an activating group) is 1. The van der Waals surface area contributed by atoms with Crippen LogP contribution in [0.4, 0.5) is 4.79 Å². The fourth-order valence-corrected chi connectivity index (χ4v) is 7.28. The first-order chi connectivity index (χ1) is 26.4. The molecule has 0 spiro atoms. The largest absolute Gasteiger partial charge is 0.392 e. The van der Waals surface area contributed by atoms with Gasteiger partial charge in [0.1, 0.15) is 0 Å². The van der Waals surface area contributed by atoms with Gasteiger partial charge in [-0.15, -0.1) is 0 Å². The molecule has 1 fully saturated rings. The molecule has 0 bridgehead atoms. The minimum absolute atomic E-state index is 0.000168. The van der Waals surface area contributed by atoms with Gasteiger partial charge in [-0.2, -0.15) is 0 Å². The molecule has 6 aromatic carbocycles. The van der Waals surface area contributed by atoms with Gasteiger partial charge in [0.25, 0.3) is 0 Å². The van der Waals surface area contributed by atoms with Gasteiger partial charge in [-0.25, -0.2) is 4.79 Å². The van der Waals surface area contributed by atoms with E-state index in [0.717, 1.165) is 45.5 Å². The van der Waals surface area contributed by atoms with Gasteiger partial charge in [0.2, 0.25) is 0 Å². The van der Waals surface area contributed by atoms with E-state index in [4.69, 9.17) is 9.47 Å². The summed E-state index contributed by atoms with van der Waals surface area (Å²) < 4.78 is 13.6. The van der Waals surface area contributed by atoms with Crippen LogP contribution in [-0.4, -0.2) is 35.7 Å². The lowest BCUT2D eigenvalue weighted by Gasteiger charge is -2.43. The highest BCUT2D eigenvalue weighted by molar-refractivity contribution is 5.83. The van der Waals surface area contributed by atoms with E-state index in [1.165, 1.54) is 16.3 Å². The minimum atomic E-state index is -0.572. The molecule has 1 saturated heterocycles. The second kappa shape index (κ2) is 17.2. The molecule has 0 radical (unpaired) electrons. The number of ether oxygens (including phenoxy) is 2. The number of nitrogens with zero attached hydrogens (tertiary/aromatic N) is 1. The van der Waals surface area contributed by atoms with E-state index in [-0.39, 0.29) is 36.8 Å². The number of fused-ring (bicyclic) bond motifs is 1. The van der Waals surface area contributed by atoms with Gasteiger partial charge in [0.05, 0.1) is 18.8 Å². The summed E-state index contributed by atoms with van der Waals surface area (Å²) in [5.41, 5.74) is 8.31. The molecular weight excluding hydrogens is 671 g/mol. The third-order valence-electron chi connectivity index (χ3n) is 10.8. The van der Waals surface area contributed by atoms with E-state index < -0.39 is 6.29 Å². The first-order valence-corrected chi connectivity index (χ1v) is 18.8. The van der Waals surface area contributed by atoms with Crippen molar-refractivity contribution in [1.82, 2.24) is 15.5 Å². The van der Waals surface area contributed by atoms with Crippen LogP contribution in [0.5, 0.6) is 0 Å². The topological polar surface area (TPSA) is 83.1 Å². The summed E-state index contributed by atoms with van der Waals surface area (Å²) in [4.78, 5) is 15.0. The summed E-state index contributed by atoms with van der Waals surface area (Å²) in [5.74, 6) is 0.0658. The van der Waals surface area contributed by atoms with E-state index in [0.29, 0.717) is 13.1 Å². The second-order valence-corrected chi connectivity index (χ2v) is 14.3. The predicted molar refractivity (Wildman–Crippen MR) is 215 cm³/mol. The van der Waals surface area contributed by atoms with Crippen molar-refractivity contribution in [3.05, 3.63) is 179 Å². The molecule has 54 heavy (non-hydrogen) atoms. The summed E-state index contributed by atoms with van der Waals surface area (Å²) in [6, 6.07) is 49.6. The molecular formula is C47H49N3O4. The van der Waals surface area contributed by atoms with Crippen LogP contribution in [0.1, 0.15) is 65.7 Å². The minimum Gasteiger partial charge on any atom is -0.392 e. The molecule has 7 nitrogen and oxygen atoms in total. The quantitative estimate of drug-likeness (QED) is 0.117. The van der Waals surface area contributed by atoms with Gasteiger partial charge in [-0.3, -0.25) is 4.90 Å². The van der Waals surface area contributed by atoms with Gasteiger partial charge in [0, 0.05) is 37.2 Å². The molecule has 2 amide bonds. The molecule has 3 N–H and O–H groups in total. The van der Waals surface area contributed by atoms with E-state index in [1.807, 2.05) is 60.7 Å². The molecule has 7 heteroatoms. The maximum atomic E-state index is 12.6. The van der Waals surface area contributed by atoms with E-state index >= 15 is 0 Å². The average Bonchev–Trinajstić information content (AvgIpc) is 3.23. The van der Waals surface area contributed by atoms with Crippen LogP contribution in [0.25, 0.3) is 21.9 Å². The third-order valence-corrected chi connectivity index (χ3v) is 10.8. The number of aliphatic hydroxyl groups is 1. The van der Waals surface area contributed by atoms with Crippen LogP contribution in [0.15, 0.2) is 146 Å². The highest BCUT2D eigenvalue weighted by atomic mass is 16.7. The van der Waals surface area contributed by atoms with E-state index in [2.05, 4.69) is 121 Å². The van der Waals surface area contributed by atoms with Crippen LogP contribution in [0, 0.1) is 5.92 Å². The zero-order valence-corrected chi connectivity index (χ0v) is 31.2. The first-order valence-electron chi connectivity index (χ1n) is 18.8. The fourth-order valence-electron chi connectivity index (χ4n) is 7.28. The number of amides is 2. The SMILES string of the molecule is CC1C(CN(C)C(C)c2ccc3ccccc3c2)OC(c2ccc(-c3ccccc3CNC(=O)NCc3ccccc3)cc2)OC1c1ccc(CO)cc1. The summed E-state index contributed by atoms with van der Waals surface area (Å²) in [7, 11) is 2.17. The Kier molecular flexibility index (Phi) is 11.8. The third kappa shape index (κ3) is 8.73. The van der Waals surface area contributed by atoms with E-state index in [1.54, 1.807) is 0 Å². The highest BCUT2D eigenvalue weighted by Gasteiger charge is 2.39. The molecule has 1 aliphatic heterocycles. The normalized spacial score (nSPS) is 19.1. The number of urea groups is 1. The van der Waals surface area contributed by atoms with Crippen LogP contribution < -0.4 is 10.6 Å². The molecule has 1 aliphatic rings. The van der Waals surface area contributed by atoms with Gasteiger partial charge in [0.15, 0.2) is 6.29 Å². The zero-order chi connectivity index (χ0) is 37.4. The van der Waals surface area contributed by atoms with Crippen LogP contribution in [0.2, 0.25) is 0 Å². The van der Waals surface area contributed by atoms with Crippen molar-refractivity contribution in [2.24, 2.45) is 5.92 Å². The molecule has 0 aliphatic carbocycles. The van der Waals surface area contributed by atoms with Crippen LogP contribution in [-0.2, 0) is 29.2 Å². The molecule has 5 unspecified atom stereocenters. The number of hydrogen-bond donors (Lipinski definition) is 3. The smallest absolute Gasteiger partial charge is 0.315 e. The van der Waals surface area contributed by atoms with Gasteiger partial charge < -0.3 is 25.2 Å². The predicted octanol–water partition coefficient (Wildman–Crippen LogP) is 9.48. The van der Waals surface area contributed by atoms with Crippen LogP contribution in [0.3, 0.4) is 0 Å². The molecule has 7 rings (SSSR count).